The molecule has 4 aromatic carbocycles. The molecule has 0 spiro atoms. The molecule has 4 atom stereocenters. The molecule has 0 fully saturated rings. The fraction of sp³-hybridized carbons (Fsp3) is 0.519. The summed E-state index contributed by atoms with van der Waals surface area (Å²) in [5.74, 6) is 12.3. The minimum absolute atomic E-state index is 0.0789. The predicted octanol–water partition coefficient (Wildman–Crippen LogP) is 12.9. The van der Waals surface area contributed by atoms with E-state index in [0.717, 1.165) is 89.9 Å². The van der Waals surface area contributed by atoms with Crippen LogP contribution in [0.3, 0.4) is 0 Å². The van der Waals surface area contributed by atoms with Gasteiger partial charge in [0.2, 0.25) is 0 Å². The number of fused-ring (bicyclic) bond motifs is 2. The molecular weight excluding hydrogens is 853 g/mol. The van der Waals surface area contributed by atoms with Crippen LogP contribution in [-0.2, 0) is 20.9 Å². The summed E-state index contributed by atoms with van der Waals surface area (Å²) >= 11 is 3.67. The Morgan fingerprint density at radius 1 is 0.672 bits per heavy atom. The van der Waals surface area contributed by atoms with Crippen molar-refractivity contribution in [2.24, 2.45) is 0 Å². The predicted molar refractivity (Wildman–Crippen MR) is 270 cm³/mol. The molecule has 0 aliphatic carbocycles. The molecule has 7 nitrogen and oxygen atoms in total. The maximum Gasteiger partial charge on any atom is 0.191 e. The van der Waals surface area contributed by atoms with Crippen LogP contribution in [0, 0.1) is 11.8 Å². The van der Waals surface area contributed by atoms with Crippen molar-refractivity contribution in [3.05, 3.63) is 107 Å². The molecule has 10 heteroatoms. The lowest BCUT2D eigenvalue weighted by molar-refractivity contribution is 0.0234. The van der Waals surface area contributed by atoms with E-state index in [-0.39, 0.29) is 10.5 Å². The topological polar surface area (TPSA) is 86.6 Å². The Morgan fingerprint density at radius 3 is 1.81 bits per heavy atom. The van der Waals surface area contributed by atoms with Crippen LogP contribution in [0.25, 0.3) is 0 Å². The highest BCUT2D eigenvalue weighted by Crippen LogP contribution is 2.54. The van der Waals surface area contributed by atoms with Crippen LogP contribution in [0.2, 0.25) is 18.1 Å². The van der Waals surface area contributed by atoms with E-state index in [2.05, 4.69) is 102 Å². The monoisotopic (exact) mass is 926 g/mol. The normalized spacial score (nSPS) is 21.5. The Balaban J connectivity index is 0.000000248. The summed E-state index contributed by atoms with van der Waals surface area (Å²) < 4.78 is 27.9. The van der Waals surface area contributed by atoms with Crippen molar-refractivity contribution in [2.75, 3.05) is 53.2 Å². The van der Waals surface area contributed by atoms with Gasteiger partial charge < -0.3 is 33.6 Å². The molecule has 6 rings (SSSR count). The van der Waals surface area contributed by atoms with E-state index in [1.807, 2.05) is 54.2 Å². The van der Waals surface area contributed by atoms with Gasteiger partial charge in [0.15, 0.2) is 13.9 Å². The van der Waals surface area contributed by atoms with E-state index >= 15 is 0 Å². The van der Waals surface area contributed by atoms with Crippen molar-refractivity contribution in [2.45, 2.75) is 136 Å². The number of ether oxygens (including phenoxy) is 4. The summed E-state index contributed by atoms with van der Waals surface area (Å²) in [6, 6.07) is 29.0. The Hall–Kier alpha value is -3.56. The summed E-state index contributed by atoms with van der Waals surface area (Å²) in [6.07, 6.45) is 8.17. The van der Waals surface area contributed by atoms with Gasteiger partial charge in [0, 0.05) is 57.3 Å². The van der Waals surface area contributed by atoms with Crippen LogP contribution >= 0.6 is 23.5 Å². The van der Waals surface area contributed by atoms with Gasteiger partial charge in [0.05, 0.1) is 28.4 Å². The van der Waals surface area contributed by atoms with Crippen LogP contribution < -0.4 is 18.9 Å². The number of hydrogen-bond donors (Lipinski definition) is 2. The second-order valence-electron chi connectivity index (χ2n) is 19.1. The van der Waals surface area contributed by atoms with Gasteiger partial charge in [-0.25, -0.2) is 0 Å². The molecule has 4 aromatic rings. The van der Waals surface area contributed by atoms with E-state index in [9.17, 15) is 5.11 Å². The lowest BCUT2D eigenvalue weighted by atomic mass is 9.66. The maximum absolute atomic E-state index is 12.3. The third-order valence-electron chi connectivity index (χ3n) is 13.9. The van der Waals surface area contributed by atoms with E-state index in [1.165, 1.54) is 28.9 Å². The van der Waals surface area contributed by atoms with Crippen LogP contribution in [0.15, 0.2) is 94.7 Å². The number of aliphatic hydroxyl groups is 2. The second kappa shape index (κ2) is 22.8. The number of thioether (sulfide) groups is 2. The fourth-order valence-electron chi connectivity index (χ4n) is 8.45. The third kappa shape index (κ3) is 11.9. The molecule has 0 saturated heterocycles. The van der Waals surface area contributed by atoms with Crippen molar-refractivity contribution in [1.82, 2.24) is 0 Å². The molecule has 2 aliphatic rings. The number of methoxy groups -OCH3 is 4. The SMILES string of the molecule is COc1ccc(C2(C)CSc3cc(OC)ccc3C2(O)C#CCCCCO[Si](C)(C)C(C)(C)C)cc1.COc1ccc(C2(C)CSc3cc(OC)ccc3C2CCCCCCO)cc1. The summed E-state index contributed by atoms with van der Waals surface area (Å²) in [7, 11) is 5.05. The summed E-state index contributed by atoms with van der Waals surface area (Å²) in [6.45, 7) is 17.0. The zero-order valence-electron chi connectivity index (χ0n) is 40.4. The highest BCUT2D eigenvalue weighted by Gasteiger charge is 2.52. The molecule has 0 saturated carbocycles. The molecule has 348 valence electrons. The Labute approximate surface area is 394 Å². The average molecular weight is 927 g/mol. The quantitative estimate of drug-likeness (QED) is 0.0611. The fourth-order valence-corrected chi connectivity index (χ4v) is 12.3. The van der Waals surface area contributed by atoms with Gasteiger partial charge in [-0.3, -0.25) is 0 Å². The molecule has 2 aliphatic heterocycles. The smallest absolute Gasteiger partial charge is 0.191 e. The molecule has 64 heavy (non-hydrogen) atoms. The van der Waals surface area contributed by atoms with Crippen LogP contribution in [0.4, 0.5) is 0 Å². The zero-order chi connectivity index (χ0) is 46.6. The zero-order valence-corrected chi connectivity index (χ0v) is 43.0. The molecular formula is C54H74O7S2Si. The molecule has 0 aromatic heterocycles. The van der Waals surface area contributed by atoms with E-state index < -0.39 is 19.3 Å². The number of aliphatic hydroxyl groups excluding tert-OH is 1. The minimum Gasteiger partial charge on any atom is -0.497 e. The molecule has 0 radical (unpaired) electrons. The number of benzene rings is 4. The minimum atomic E-state index is -1.72. The van der Waals surface area contributed by atoms with Gasteiger partial charge in [-0.1, -0.05) is 102 Å². The molecule has 2 heterocycles. The first-order chi connectivity index (χ1) is 30.5. The van der Waals surface area contributed by atoms with Crippen LogP contribution in [0.5, 0.6) is 23.0 Å². The van der Waals surface area contributed by atoms with Crippen molar-refractivity contribution in [3.8, 4) is 34.8 Å². The van der Waals surface area contributed by atoms with Crippen molar-refractivity contribution in [3.63, 3.8) is 0 Å². The van der Waals surface area contributed by atoms with Crippen LogP contribution in [-0.4, -0.2) is 71.7 Å². The van der Waals surface area contributed by atoms with Crippen LogP contribution in [0.1, 0.15) is 114 Å². The number of rotatable bonds is 17. The van der Waals surface area contributed by atoms with Crippen molar-refractivity contribution < 1.29 is 33.6 Å². The summed E-state index contributed by atoms with van der Waals surface area (Å²) in [5, 5.41) is 21.6. The lowest BCUT2D eigenvalue weighted by Crippen LogP contribution is -2.50. The summed E-state index contributed by atoms with van der Waals surface area (Å²) in [4.78, 5) is 2.37. The van der Waals surface area contributed by atoms with Gasteiger partial charge in [-0.05, 0) is 115 Å². The third-order valence-corrected chi connectivity index (χ3v) is 21.2. The van der Waals surface area contributed by atoms with Gasteiger partial charge in [-0.15, -0.1) is 23.5 Å². The molecule has 0 amide bonds. The highest BCUT2D eigenvalue weighted by atomic mass is 32.2. The average Bonchev–Trinajstić information content (AvgIpc) is 3.30. The van der Waals surface area contributed by atoms with Gasteiger partial charge in [-0.2, -0.15) is 0 Å². The van der Waals surface area contributed by atoms with E-state index in [4.69, 9.17) is 28.5 Å². The van der Waals surface area contributed by atoms with Gasteiger partial charge in [0.25, 0.3) is 0 Å². The van der Waals surface area contributed by atoms with Crippen molar-refractivity contribution >= 4 is 31.8 Å². The highest BCUT2D eigenvalue weighted by molar-refractivity contribution is 7.99. The second-order valence-corrected chi connectivity index (χ2v) is 26.0. The number of hydrogen-bond acceptors (Lipinski definition) is 9. The summed E-state index contributed by atoms with van der Waals surface area (Å²) in [5.41, 5.74) is 2.86. The Bertz CT molecular complexity index is 2160. The maximum atomic E-state index is 12.3. The standard InChI is InChI=1S/C30H42O4SSi.C24H32O3S/c1-28(2,3)36(7,8)34-20-12-10-9-11-19-30(31)26-18-17-25(33-6)21-27(26)35-22-29(30,4)23-13-15-24(32-5)16-14-23;1-24(18-9-11-19(26-2)12-10-18)17-28-23-16-20(27-3)13-14-21(23)22(24)8-6-4-5-7-15-25/h13-18,21,31H,9-10,12,20,22H2,1-8H3;9-14,16,22,25H,4-8,15,17H2,1-3H3. The first-order valence-corrected chi connectivity index (χ1v) is 27.8. The van der Waals surface area contributed by atoms with Gasteiger partial charge in [0.1, 0.15) is 23.0 Å². The van der Waals surface area contributed by atoms with Crippen molar-refractivity contribution in [1.29, 1.82) is 0 Å². The largest absolute Gasteiger partial charge is 0.497 e. The van der Waals surface area contributed by atoms with Gasteiger partial charge >= 0.3 is 0 Å². The first-order valence-electron chi connectivity index (χ1n) is 22.9. The van der Waals surface area contributed by atoms with E-state index in [0.29, 0.717) is 18.3 Å². The first kappa shape index (κ1) is 51.4. The van der Waals surface area contributed by atoms with E-state index in [1.54, 1.807) is 40.2 Å². The lowest BCUT2D eigenvalue weighted by Gasteiger charge is -2.46. The Morgan fingerprint density at radius 2 is 1.22 bits per heavy atom. The number of unbranched alkanes of at least 4 members (excludes halogenated alkanes) is 5. The Kier molecular flexibility index (Phi) is 18.3. The molecule has 0 bridgehead atoms. The molecule has 2 N–H and O–H groups in total. The molecule has 4 unspecified atom stereocenters.